The predicted molar refractivity (Wildman–Crippen MR) is 88.9 cm³/mol. The summed E-state index contributed by atoms with van der Waals surface area (Å²) in [6.07, 6.45) is 1.43. The molecule has 0 aliphatic rings. The average Bonchev–Trinajstić information content (AvgIpc) is 3.24. The third-order valence-corrected chi connectivity index (χ3v) is 4.64. The molecule has 0 saturated carbocycles. The van der Waals surface area contributed by atoms with Gasteiger partial charge >= 0.3 is 0 Å². The largest absolute Gasteiger partial charge is 0.350 e. The van der Waals surface area contributed by atoms with Gasteiger partial charge in [-0.15, -0.1) is 16.4 Å². The highest BCUT2D eigenvalue weighted by Gasteiger charge is 2.15. The Morgan fingerprint density at radius 3 is 2.65 bits per heavy atom. The smallest absolute Gasteiger partial charge is 0.244 e. The van der Waals surface area contributed by atoms with Gasteiger partial charge in [0.25, 0.3) is 0 Å². The minimum Gasteiger partial charge on any atom is -0.350 e. The van der Waals surface area contributed by atoms with Crippen molar-refractivity contribution in [3.05, 3.63) is 53.2 Å². The monoisotopic (exact) mass is 327 g/mol. The number of carbonyl (C=O) groups is 1. The van der Waals surface area contributed by atoms with Crippen LogP contribution in [0.4, 0.5) is 0 Å². The second-order valence-corrected chi connectivity index (χ2v) is 6.58. The van der Waals surface area contributed by atoms with Crippen molar-refractivity contribution in [2.24, 2.45) is 0 Å². The van der Waals surface area contributed by atoms with Crippen LogP contribution in [0.15, 0.2) is 42.7 Å². The van der Waals surface area contributed by atoms with E-state index < -0.39 is 6.04 Å². The Kier molecular flexibility index (Phi) is 4.47. The molecule has 0 spiro atoms. The summed E-state index contributed by atoms with van der Waals surface area (Å²) in [5, 5.41) is 13.7. The van der Waals surface area contributed by atoms with Crippen molar-refractivity contribution in [3.8, 4) is 10.4 Å². The van der Waals surface area contributed by atoms with E-state index in [0.29, 0.717) is 6.54 Å². The van der Waals surface area contributed by atoms with Crippen LogP contribution in [0.1, 0.15) is 23.4 Å². The van der Waals surface area contributed by atoms with Gasteiger partial charge in [0.15, 0.2) is 0 Å². The van der Waals surface area contributed by atoms with Crippen LogP contribution in [0, 0.1) is 6.92 Å². The topological polar surface area (TPSA) is 72.7 Å². The molecule has 7 heteroatoms. The summed E-state index contributed by atoms with van der Waals surface area (Å²) >= 11 is 1.78. The number of thiophene rings is 1. The van der Waals surface area contributed by atoms with Crippen molar-refractivity contribution in [1.29, 1.82) is 0 Å². The second kappa shape index (κ2) is 6.70. The van der Waals surface area contributed by atoms with E-state index in [1.54, 1.807) is 18.3 Å². The van der Waals surface area contributed by atoms with Crippen molar-refractivity contribution < 1.29 is 4.79 Å². The van der Waals surface area contributed by atoms with Crippen molar-refractivity contribution in [3.63, 3.8) is 0 Å². The minimum atomic E-state index is -0.432. The van der Waals surface area contributed by atoms with Gasteiger partial charge in [-0.2, -0.15) is 0 Å². The fraction of sp³-hybridized carbons (Fsp3) is 0.250. The number of carbonyl (C=O) groups excluding carboxylic acids is 1. The van der Waals surface area contributed by atoms with Crippen LogP contribution < -0.4 is 5.32 Å². The van der Waals surface area contributed by atoms with E-state index in [1.165, 1.54) is 26.3 Å². The van der Waals surface area contributed by atoms with Gasteiger partial charge in [0.1, 0.15) is 12.4 Å². The molecule has 6 nitrogen and oxygen atoms in total. The fourth-order valence-corrected chi connectivity index (χ4v) is 3.05. The van der Waals surface area contributed by atoms with Crippen molar-refractivity contribution in [1.82, 2.24) is 25.5 Å². The molecular formula is C16H17N5OS. The van der Waals surface area contributed by atoms with Crippen molar-refractivity contribution >= 4 is 17.2 Å². The minimum absolute atomic E-state index is 0.116. The first-order chi connectivity index (χ1) is 11.1. The summed E-state index contributed by atoms with van der Waals surface area (Å²) in [4.78, 5) is 14.6. The molecule has 1 N–H and O–H groups in total. The first kappa shape index (κ1) is 15.4. The lowest BCUT2D eigenvalue weighted by atomic mass is 10.1. The third-order valence-electron chi connectivity index (χ3n) is 3.59. The Balaban J connectivity index is 1.59. The van der Waals surface area contributed by atoms with Crippen LogP contribution in [-0.4, -0.2) is 26.1 Å². The highest BCUT2D eigenvalue weighted by atomic mass is 32.1. The van der Waals surface area contributed by atoms with E-state index in [1.807, 2.05) is 12.1 Å². The van der Waals surface area contributed by atoms with Gasteiger partial charge in [0.05, 0.1) is 0 Å². The summed E-state index contributed by atoms with van der Waals surface area (Å²) in [6, 6.07) is 12.0. The molecule has 3 rings (SSSR count). The number of nitrogens with one attached hydrogen (secondary N) is 1. The molecule has 2 heterocycles. The Bertz CT molecular complexity index is 779. The molecule has 0 saturated heterocycles. The van der Waals surface area contributed by atoms with Gasteiger partial charge in [0, 0.05) is 16.3 Å². The lowest BCUT2D eigenvalue weighted by Crippen LogP contribution is -2.30. The lowest BCUT2D eigenvalue weighted by Gasteiger charge is -2.11. The van der Waals surface area contributed by atoms with Crippen molar-refractivity contribution in [2.45, 2.75) is 26.4 Å². The number of amides is 1. The normalized spacial score (nSPS) is 12.1. The van der Waals surface area contributed by atoms with Gasteiger partial charge in [-0.3, -0.25) is 4.79 Å². The number of aryl methyl sites for hydroxylation is 1. The maximum atomic E-state index is 12.1. The van der Waals surface area contributed by atoms with Gasteiger partial charge < -0.3 is 5.32 Å². The highest BCUT2D eigenvalue weighted by molar-refractivity contribution is 7.15. The maximum absolute atomic E-state index is 12.1. The number of rotatable bonds is 5. The molecule has 0 radical (unpaired) electrons. The molecule has 0 unspecified atom stereocenters. The summed E-state index contributed by atoms with van der Waals surface area (Å²) in [5.74, 6) is -0.116. The van der Waals surface area contributed by atoms with Crippen LogP contribution in [0.25, 0.3) is 10.4 Å². The van der Waals surface area contributed by atoms with Crippen LogP contribution in [0.2, 0.25) is 0 Å². The number of nitrogens with zero attached hydrogens (tertiary/aromatic N) is 4. The van der Waals surface area contributed by atoms with Gasteiger partial charge in [0.2, 0.25) is 5.91 Å². The van der Waals surface area contributed by atoms with E-state index in [2.05, 4.69) is 52.0 Å². The summed E-state index contributed by atoms with van der Waals surface area (Å²) in [7, 11) is 0. The molecule has 0 fully saturated rings. The first-order valence-corrected chi connectivity index (χ1v) is 8.11. The quantitative estimate of drug-likeness (QED) is 0.782. The van der Waals surface area contributed by atoms with E-state index in [9.17, 15) is 4.79 Å². The zero-order valence-electron chi connectivity index (χ0n) is 12.9. The predicted octanol–water partition coefficient (Wildman–Crippen LogP) is 2.59. The van der Waals surface area contributed by atoms with Gasteiger partial charge in [-0.1, -0.05) is 24.3 Å². The SMILES string of the molecule is Cc1ccc(-c2ccc(CNC(=O)[C@H](C)n3cnnn3)cc2)s1. The van der Waals surface area contributed by atoms with E-state index in [4.69, 9.17) is 0 Å². The van der Waals surface area contributed by atoms with Gasteiger partial charge in [-0.25, -0.2) is 4.68 Å². The Morgan fingerprint density at radius 2 is 2.04 bits per heavy atom. The van der Waals surface area contributed by atoms with E-state index in [0.717, 1.165) is 5.56 Å². The molecule has 1 amide bonds. The molecular weight excluding hydrogens is 310 g/mol. The molecule has 23 heavy (non-hydrogen) atoms. The summed E-state index contributed by atoms with van der Waals surface area (Å²) in [5.41, 5.74) is 2.25. The number of hydrogen-bond donors (Lipinski definition) is 1. The Labute approximate surface area is 138 Å². The van der Waals surface area contributed by atoms with E-state index in [-0.39, 0.29) is 5.91 Å². The number of aromatic nitrogens is 4. The molecule has 3 aromatic rings. The lowest BCUT2D eigenvalue weighted by molar-refractivity contribution is -0.124. The molecule has 0 aliphatic carbocycles. The Morgan fingerprint density at radius 1 is 1.26 bits per heavy atom. The van der Waals surface area contributed by atoms with Crippen LogP contribution >= 0.6 is 11.3 Å². The molecule has 1 atom stereocenters. The zero-order valence-corrected chi connectivity index (χ0v) is 13.7. The first-order valence-electron chi connectivity index (χ1n) is 7.29. The summed E-state index contributed by atoms with van der Waals surface area (Å²) in [6.45, 7) is 4.34. The third kappa shape index (κ3) is 3.62. The van der Waals surface area contributed by atoms with Crippen LogP contribution in [0.5, 0.6) is 0 Å². The molecule has 0 bridgehead atoms. The number of benzene rings is 1. The zero-order chi connectivity index (χ0) is 16.2. The maximum Gasteiger partial charge on any atom is 0.244 e. The van der Waals surface area contributed by atoms with Crippen molar-refractivity contribution in [2.75, 3.05) is 0 Å². The van der Waals surface area contributed by atoms with Crippen LogP contribution in [-0.2, 0) is 11.3 Å². The molecule has 0 aliphatic heterocycles. The highest BCUT2D eigenvalue weighted by Crippen LogP contribution is 2.27. The molecule has 1 aromatic carbocycles. The second-order valence-electron chi connectivity index (χ2n) is 5.29. The van der Waals surface area contributed by atoms with Crippen LogP contribution in [0.3, 0.4) is 0 Å². The standard InChI is InChI=1S/C16H17N5OS/c1-11-3-8-15(23-11)14-6-4-13(5-7-14)9-17-16(22)12(2)21-10-18-19-20-21/h3-8,10,12H,9H2,1-2H3,(H,17,22)/t12-/m0/s1. The Hall–Kier alpha value is -2.54. The number of hydrogen-bond acceptors (Lipinski definition) is 5. The van der Waals surface area contributed by atoms with Gasteiger partial charge in [-0.05, 0) is 47.5 Å². The average molecular weight is 327 g/mol. The molecule has 118 valence electrons. The van der Waals surface area contributed by atoms with E-state index >= 15 is 0 Å². The fourth-order valence-electron chi connectivity index (χ4n) is 2.18. The molecule has 2 aromatic heterocycles. The number of tetrazole rings is 1. The summed E-state index contributed by atoms with van der Waals surface area (Å²) < 4.78 is 1.43.